The van der Waals surface area contributed by atoms with Crippen LogP contribution < -0.4 is 4.74 Å². The Morgan fingerprint density at radius 3 is 2.63 bits per heavy atom. The van der Waals surface area contributed by atoms with Gasteiger partial charge in [0.25, 0.3) is 0 Å². The monoisotopic (exact) mass is 324 g/mol. The quantitative estimate of drug-likeness (QED) is 0.910. The highest BCUT2D eigenvalue weighted by Crippen LogP contribution is 2.32. The Bertz CT molecular complexity index is 641. The maximum atomic E-state index is 13.2. The third-order valence-corrected chi connectivity index (χ3v) is 3.13. The van der Waals surface area contributed by atoms with Crippen LogP contribution in [0.2, 0.25) is 0 Å². The number of carboxylic acid groups (broad SMARTS) is 1. The normalized spacial score (nSPS) is 10.3. The molecule has 0 aliphatic rings. The standard InChI is InChI=1S/C14H10BrFO3/c1-8-2-5-12(10(6-8)14(17)18)19-13-7-9(16)3-4-11(13)15/h2-7H,1H3,(H,17,18). The molecule has 0 saturated carbocycles. The third kappa shape index (κ3) is 3.12. The van der Waals surface area contributed by atoms with Crippen LogP contribution >= 0.6 is 15.9 Å². The second kappa shape index (κ2) is 5.40. The molecule has 19 heavy (non-hydrogen) atoms. The first-order valence-electron chi connectivity index (χ1n) is 5.44. The van der Waals surface area contributed by atoms with E-state index in [1.54, 1.807) is 19.1 Å². The van der Waals surface area contributed by atoms with E-state index in [1.165, 1.54) is 24.3 Å². The lowest BCUT2D eigenvalue weighted by Crippen LogP contribution is -2.01. The van der Waals surface area contributed by atoms with Crippen LogP contribution in [0.4, 0.5) is 4.39 Å². The molecule has 2 aromatic carbocycles. The number of hydrogen-bond donors (Lipinski definition) is 1. The first-order valence-corrected chi connectivity index (χ1v) is 6.23. The van der Waals surface area contributed by atoms with Gasteiger partial charge < -0.3 is 9.84 Å². The van der Waals surface area contributed by atoms with Gasteiger partial charge in [-0.3, -0.25) is 0 Å². The summed E-state index contributed by atoms with van der Waals surface area (Å²) in [6.07, 6.45) is 0. The molecular formula is C14H10BrFO3. The SMILES string of the molecule is Cc1ccc(Oc2cc(F)ccc2Br)c(C(=O)O)c1. The van der Waals surface area contributed by atoms with E-state index >= 15 is 0 Å². The lowest BCUT2D eigenvalue weighted by Gasteiger charge is -2.11. The van der Waals surface area contributed by atoms with Crippen LogP contribution in [0.25, 0.3) is 0 Å². The van der Waals surface area contributed by atoms with E-state index in [4.69, 9.17) is 9.84 Å². The summed E-state index contributed by atoms with van der Waals surface area (Å²) < 4.78 is 19.2. The molecule has 0 aliphatic heterocycles. The predicted octanol–water partition coefficient (Wildman–Crippen LogP) is 4.39. The molecule has 2 aromatic rings. The van der Waals surface area contributed by atoms with Gasteiger partial charge in [0.1, 0.15) is 22.9 Å². The summed E-state index contributed by atoms with van der Waals surface area (Å²) in [7, 11) is 0. The van der Waals surface area contributed by atoms with Gasteiger partial charge in [0.15, 0.2) is 0 Å². The highest BCUT2D eigenvalue weighted by Gasteiger charge is 2.13. The van der Waals surface area contributed by atoms with Crippen LogP contribution in [0.15, 0.2) is 40.9 Å². The molecule has 98 valence electrons. The van der Waals surface area contributed by atoms with Gasteiger partial charge in [-0.25, -0.2) is 9.18 Å². The van der Waals surface area contributed by atoms with E-state index in [0.717, 1.165) is 5.56 Å². The number of benzene rings is 2. The Kier molecular flexibility index (Phi) is 3.85. The lowest BCUT2D eigenvalue weighted by atomic mass is 10.1. The van der Waals surface area contributed by atoms with Crippen LogP contribution in [0.5, 0.6) is 11.5 Å². The van der Waals surface area contributed by atoms with Crippen molar-refractivity contribution in [3.05, 3.63) is 57.8 Å². The van der Waals surface area contributed by atoms with Gasteiger partial charge in [-0.15, -0.1) is 0 Å². The number of halogens is 2. The second-order valence-electron chi connectivity index (χ2n) is 3.98. The fraction of sp³-hybridized carbons (Fsp3) is 0.0714. The number of hydrogen-bond acceptors (Lipinski definition) is 2. The molecule has 0 atom stereocenters. The van der Waals surface area contributed by atoms with E-state index in [1.807, 2.05) is 0 Å². The van der Waals surface area contributed by atoms with Crippen molar-refractivity contribution >= 4 is 21.9 Å². The third-order valence-electron chi connectivity index (χ3n) is 2.48. The van der Waals surface area contributed by atoms with Gasteiger partial charge in [0.2, 0.25) is 0 Å². The number of carbonyl (C=O) groups is 1. The van der Waals surface area contributed by atoms with Crippen molar-refractivity contribution in [1.29, 1.82) is 0 Å². The summed E-state index contributed by atoms with van der Waals surface area (Å²) in [6, 6.07) is 8.76. The minimum absolute atomic E-state index is 0.0381. The average Bonchev–Trinajstić information content (AvgIpc) is 2.35. The molecule has 0 aliphatic carbocycles. The zero-order valence-electron chi connectivity index (χ0n) is 9.98. The van der Waals surface area contributed by atoms with E-state index < -0.39 is 11.8 Å². The van der Waals surface area contributed by atoms with Crippen LogP contribution in [0.1, 0.15) is 15.9 Å². The van der Waals surface area contributed by atoms with Crippen LogP contribution in [-0.4, -0.2) is 11.1 Å². The fourth-order valence-corrected chi connectivity index (χ4v) is 1.90. The van der Waals surface area contributed by atoms with Crippen LogP contribution in [0.3, 0.4) is 0 Å². The molecule has 0 spiro atoms. The number of aromatic carboxylic acids is 1. The number of aryl methyl sites for hydroxylation is 1. The molecule has 0 unspecified atom stereocenters. The summed E-state index contributed by atoms with van der Waals surface area (Å²) in [6.45, 7) is 1.79. The Morgan fingerprint density at radius 2 is 1.95 bits per heavy atom. The zero-order valence-corrected chi connectivity index (χ0v) is 11.6. The van der Waals surface area contributed by atoms with Crippen LogP contribution in [0, 0.1) is 12.7 Å². The minimum atomic E-state index is -1.09. The molecule has 0 fully saturated rings. The molecule has 1 N–H and O–H groups in total. The Labute approximate surface area is 117 Å². The molecule has 0 bridgehead atoms. The summed E-state index contributed by atoms with van der Waals surface area (Å²) in [5, 5.41) is 9.13. The molecule has 3 nitrogen and oxygen atoms in total. The highest BCUT2D eigenvalue weighted by atomic mass is 79.9. The first kappa shape index (κ1) is 13.5. The summed E-state index contributed by atoms with van der Waals surface area (Å²) in [4.78, 5) is 11.2. The van der Waals surface area contributed by atoms with E-state index in [2.05, 4.69) is 15.9 Å². The molecule has 2 rings (SSSR count). The van der Waals surface area contributed by atoms with Crippen molar-refractivity contribution < 1.29 is 19.0 Å². The lowest BCUT2D eigenvalue weighted by molar-refractivity contribution is 0.0694. The molecule has 0 heterocycles. The maximum Gasteiger partial charge on any atom is 0.339 e. The maximum absolute atomic E-state index is 13.2. The van der Waals surface area contributed by atoms with Crippen LogP contribution in [-0.2, 0) is 0 Å². The van der Waals surface area contributed by atoms with E-state index in [0.29, 0.717) is 4.47 Å². The topological polar surface area (TPSA) is 46.5 Å². The van der Waals surface area contributed by atoms with E-state index in [-0.39, 0.29) is 17.1 Å². The molecule has 0 saturated heterocycles. The van der Waals surface area contributed by atoms with Crippen molar-refractivity contribution in [1.82, 2.24) is 0 Å². The Balaban J connectivity index is 2.43. The van der Waals surface area contributed by atoms with Crippen molar-refractivity contribution in [3.8, 4) is 11.5 Å². The zero-order chi connectivity index (χ0) is 14.0. The predicted molar refractivity (Wildman–Crippen MR) is 72.3 cm³/mol. The summed E-state index contributed by atoms with van der Waals surface area (Å²) in [5.74, 6) is -1.15. The second-order valence-corrected chi connectivity index (χ2v) is 4.84. The molecule has 0 radical (unpaired) electrons. The van der Waals surface area contributed by atoms with Gasteiger partial charge in [-0.1, -0.05) is 11.6 Å². The molecule has 5 heteroatoms. The molecule has 0 aromatic heterocycles. The van der Waals surface area contributed by atoms with Crippen molar-refractivity contribution in [3.63, 3.8) is 0 Å². The highest BCUT2D eigenvalue weighted by molar-refractivity contribution is 9.10. The van der Waals surface area contributed by atoms with Crippen molar-refractivity contribution in [2.75, 3.05) is 0 Å². The minimum Gasteiger partial charge on any atom is -0.478 e. The molecule has 0 amide bonds. The Morgan fingerprint density at radius 1 is 1.21 bits per heavy atom. The van der Waals surface area contributed by atoms with Gasteiger partial charge in [0, 0.05) is 6.07 Å². The van der Waals surface area contributed by atoms with E-state index in [9.17, 15) is 9.18 Å². The smallest absolute Gasteiger partial charge is 0.339 e. The van der Waals surface area contributed by atoms with Crippen molar-refractivity contribution in [2.24, 2.45) is 0 Å². The first-order chi connectivity index (χ1) is 8.97. The fourth-order valence-electron chi connectivity index (χ4n) is 1.57. The Hall–Kier alpha value is -1.88. The van der Waals surface area contributed by atoms with Gasteiger partial charge in [-0.2, -0.15) is 0 Å². The summed E-state index contributed by atoms with van der Waals surface area (Å²) >= 11 is 3.22. The van der Waals surface area contributed by atoms with Crippen molar-refractivity contribution in [2.45, 2.75) is 6.92 Å². The van der Waals surface area contributed by atoms with Gasteiger partial charge in [-0.05, 0) is 47.1 Å². The summed E-state index contributed by atoms with van der Waals surface area (Å²) in [5.41, 5.74) is 0.846. The van der Waals surface area contributed by atoms with Gasteiger partial charge >= 0.3 is 5.97 Å². The number of rotatable bonds is 3. The largest absolute Gasteiger partial charge is 0.478 e. The average molecular weight is 325 g/mol. The molecular weight excluding hydrogens is 315 g/mol. The number of ether oxygens (including phenoxy) is 1. The number of carboxylic acids is 1. The van der Waals surface area contributed by atoms with Gasteiger partial charge in [0.05, 0.1) is 4.47 Å².